The first-order valence-electron chi connectivity index (χ1n) is 8.05. The summed E-state index contributed by atoms with van der Waals surface area (Å²) < 4.78 is 0. The number of carbonyl (C=O) groups excluding carboxylic acids is 1. The molecule has 2 bridgehead atoms. The molecular formula is C18H25NO. The van der Waals surface area contributed by atoms with Crippen molar-refractivity contribution >= 4 is 5.91 Å². The van der Waals surface area contributed by atoms with Gasteiger partial charge in [0.2, 0.25) is 5.91 Å². The van der Waals surface area contributed by atoms with E-state index in [1.807, 2.05) is 18.2 Å². The summed E-state index contributed by atoms with van der Waals surface area (Å²) in [5.74, 6) is 2.77. The van der Waals surface area contributed by atoms with Gasteiger partial charge in [-0.1, -0.05) is 36.8 Å². The van der Waals surface area contributed by atoms with Gasteiger partial charge in [-0.2, -0.15) is 0 Å². The minimum atomic E-state index is 0.212. The van der Waals surface area contributed by atoms with Crippen molar-refractivity contribution in [3.05, 3.63) is 35.9 Å². The first-order valence-corrected chi connectivity index (χ1v) is 8.05. The van der Waals surface area contributed by atoms with Crippen molar-refractivity contribution in [3.8, 4) is 0 Å². The van der Waals surface area contributed by atoms with E-state index in [2.05, 4.69) is 24.4 Å². The number of amides is 1. The Bertz CT molecular complexity index is 456. The van der Waals surface area contributed by atoms with Gasteiger partial charge in [-0.25, -0.2) is 0 Å². The van der Waals surface area contributed by atoms with Gasteiger partial charge in [0.25, 0.3) is 0 Å². The highest BCUT2D eigenvalue weighted by Crippen LogP contribution is 2.49. The second kappa shape index (κ2) is 5.99. The second-order valence-corrected chi connectivity index (χ2v) is 6.68. The fourth-order valence-corrected chi connectivity index (χ4v) is 4.24. The maximum atomic E-state index is 12.1. The van der Waals surface area contributed by atoms with Crippen molar-refractivity contribution in [2.45, 2.75) is 51.5 Å². The number of nitrogens with one attached hydrogen (secondary N) is 1. The van der Waals surface area contributed by atoms with Crippen LogP contribution in [-0.4, -0.2) is 11.9 Å². The molecule has 3 rings (SSSR count). The van der Waals surface area contributed by atoms with Crippen LogP contribution in [0.4, 0.5) is 0 Å². The summed E-state index contributed by atoms with van der Waals surface area (Å²) in [7, 11) is 0. The minimum absolute atomic E-state index is 0.212. The summed E-state index contributed by atoms with van der Waals surface area (Å²) in [6.45, 7) is 2.20. The molecule has 4 atom stereocenters. The zero-order chi connectivity index (χ0) is 13.9. The lowest BCUT2D eigenvalue weighted by atomic mass is 9.84. The van der Waals surface area contributed by atoms with E-state index in [0.29, 0.717) is 12.5 Å². The van der Waals surface area contributed by atoms with Gasteiger partial charge in [-0.3, -0.25) is 4.79 Å². The topological polar surface area (TPSA) is 29.1 Å². The fraction of sp³-hybridized carbons (Fsp3) is 0.611. The van der Waals surface area contributed by atoms with E-state index >= 15 is 0 Å². The first-order chi connectivity index (χ1) is 9.72. The standard InChI is InChI=1S/C18H25NO/c1-13(17-12-15-7-9-16(17)11-15)19-18(20)10-8-14-5-3-2-4-6-14/h2-6,13,15-17H,7-12H2,1H3,(H,19,20)/t13-,15+,16+,17-/m0/s1. The molecule has 1 amide bonds. The fourth-order valence-electron chi connectivity index (χ4n) is 4.24. The van der Waals surface area contributed by atoms with Crippen molar-refractivity contribution in [2.75, 3.05) is 0 Å². The van der Waals surface area contributed by atoms with E-state index in [0.717, 1.165) is 24.2 Å². The summed E-state index contributed by atoms with van der Waals surface area (Å²) in [5, 5.41) is 3.24. The maximum Gasteiger partial charge on any atom is 0.220 e. The van der Waals surface area contributed by atoms with Crippen molar-refractivity contribution < 1.29 is 4.79 Å². The monoisotopic (exact) mass is 271 g/mol. The highest BCUT2D eigenvalue weighted by molar-refractivity contribution is 5.76. The van der Waals surface area contributed by atoms with Gasteiger partial charge in [-0.15, -0.1) is 0 Å². The number of hydrogen-bond donors (Lipinski definition) is 1. The van der Waals surface area contributed by atoms with Gasteiger partial charge in [0.15, 0.2) is 0 Å². The molecule has 0 radical (unpaired) electrons. The Morgan fingerprint density at radius 2 is 2.05 bits per heavy atom. The van der Waals surface area contributed by atoms with E-state index in [-0.39, 0.29) is 5.91 Å². The molecule has 0 aromatic heterocycles. The highest BCUT2D eigenvalue weighted by atomic mass is 16.1. The summed E-state index contributed by atoms with van der Waals surface area (Å²) in [6.07, 6.45) is 7.01. The van der Waals surface area contributed by atoms with E-state index in [9.17, 15) is 4.79 Å². The van der Waals surface area contributed by atoms with Crippen LogP contribution in [0.25, 0.3) is 0 Å². The van der Waals surface area contributed by atoms with Gasteiger partial charge in [0.05, 0.1) is 0 Å². The Labute approximate surface area is 122 Å². The molecule has 108 valence electrons. The minimum Gasteiger partial charge on any atom is -0.353 e. The predicted molar refractivity (Wildman–Crippen MR) is 81.3 cm³/mol. The smallest absolute Gasteiger partial charge is 0.220 e. The Morgan fingerprint density at radius 3 is 2.70 bits per heavy atom. The number of hydrogen-bond acceptors (Lipinski definition) is 1. The number of fused-ring (bicyclic) bond motifs is 2. The summed E-state index contributed by atoms with van der Waals surface area (Å²) >= 11 is 0. The molecule has 0 heterocycles. The van der Waals surface area contributed by atoms with Gasteiger partial charge < -0.3 is 5.32 Å². The van der Waals surface area contributed by atoms with Crippen LogP contribution in [0, 0.1) is 17.8 Å². The third-order valence-electron chi connectivity index (χ3n) is 5.31. The average Bonchev–Trinajstić information content (AvgIpc) is 3.09. The molecule has 0 unspecified atom stereocenters. The van der Waals surface area contributed by atoms with Crippen LogP contribution >= 0.6 is 0 Å². The number of rotatable bonds is 5. The van der Waals surface area contributed by atoms with Crippen LogP contribution in [-0.2, 0) is 11.2 Å². The lowest BCUT2D eigenvalue weighted by Gasteiger charge is -2.28. The maximum absolute atomic E-state index is 12.1. The quantitative estimate of drug-likeness (QED) is 0.871. The zero-order valence-electron chi connectivity index (χ0n) is 12.3. The Morgan fingerprint density at radius 1 is 1.25 bits per heavy atom. The number of aryl methyl sites for hydroxylation is 1. The average molecular weight is 271 g/mol. The van der Waals surface area contributed by atoms with Gasteiger partial charge in [-0.05, 0) is 55.9 Å². The molecule has 2 heteroatoms. The molecule has 0 saturated heterocycles. The third-order valence-corrected chi connectivity index (χ3v) is 5.31. The van der Waals surface area contributed by atoms with Crippen LogP contribution in [0.5, 0.6) is 0 Å². The molecule has 2 aliphatic carbocycles. The van der Waals surface area contributed by atoms with Crippen molar-refractivity contribution in [1.82, 2.24) is 5.32 Å². The predicted octanol–water partition coefficient (Wildman–Crippen LogP) is 3.56. The molecule has 1 aromatic rings. The highest BCUT2D eigenvalue weighted by Gasteiger charge is 2.41. The van der Waals surface area contributed by atoms with Crippen LogP contribution in [0.2, 0.25) is 0 Å². The summed E-state index contributed by atoms with van der Waals surface area (Å²) in [6, 6.07) is 10.6. The molecular weight excluding hydrogens is 246 g/mol. The van der Waals surface area contributed by atoms with E-state index in [4.69, 9.17) is 0 Å². The Balaban J connectivity index is 1.44. The Hall–Kier alpha value is -1.31. The second-order valence-electron chi connectivity index (χ2n) is 6.68. The summed E-state index contributed by atoms with van der Waals surface area (Å²) in [4.78, 5) is 12.1. The van der Waals surface area contributed by atoms with Crippen molar-refractivity contribution in [3.63, 3.8) is 0 Å². The van der Waals surface area contributed by atoms with Crippen LogP contribution in [0.3, 0.4) is 0 Å². The molecule has 2 nitrogen and oxygen atoms in total. The van der Waals surface area contributed by atoms with Crippen molar-refractivity contribution in [1.29, 1.82) is 0 Å². The SMILES string of the molecule is C[C@H](NC(=O)CCc1ccccc1)[C@@H]1C[C@@H]2CC[C@@H]1C2. The molecule has 20 heavy (non-hydrogen) atoms. The van der Waals surface area contributed by atoms with E-state index in [1.54, 1.807) is 0 Å². The first kappa shape index (κ1) is 13.7. The lowest BCUT2D eigenvalue weighted by molar-refractivity contribution is -0.122. The van der Waals surface area contributed by atoms with Crippen LogP contribution < -0.4 is 5.32 Å². The largest absolute Gasteiger partial charge is 0.353 e. The van der Waals surface area contributed by atoms with Gasteiger partial charge in [0, 0.05) is 12.5 Å². The molecule has 2 aliphatic rings. The van der Waals surface area contributed by atoms with Gasteiger partial charge >= 0.3 is 0 Å². The molecule has 2 fully saturated rings. The molecule has 0 aliphatic heterocycles. The van der Waals surface area contributed by atoms with E-state index in [1.165, 1.54) is 31.2 Å². The zero-order valence-corrected chi connectivity index (χ0v) is 12.3. The van der Waals surface area contributed by atoms with Gasteiger partial charge in [0.1, 0.15) is 0 Å². The van der Waals surface area contributed by atoms with Crippen LogP contribution in [0.15, 0.2) is 30.3 Å². The third kappa shape index (κ3) is 3.05. The number of benzene rings is 1. The lowest BCUT2D eigenvalue weighted by Crippen LogP contribution is -2.40. The number of carbonyl (C=O) groups is 1. The molecule has 1 N–H and O–H groups in total. The van der Waals surface area contributed by atoms with Crippen molar-refractivity contribution in [2.24, 2.45) is 17.8 Å². The molecule has 2 saturated carbocycles. The molecule has 1 aromatic carbocycles. The van der Waals surface area contributed by atoms with Crippen LogP contribution in [0.1, 0.15) is 44.6 Å². The molecule has 0 spiro atoms. The summed E-state index contributed by atoms with van der Waals surface area (Å²) in [5.41, 5.74) is 1.25. The van der Waals surface area contributed by atoms with E-state index < -0.39 is 0 Å². The normalized spacial score (nSPS) is 29.4. The Kier molecular flexibility index (Phi) is 4.09.